The molecule has 0 fully saturated rings. The van der Waals surface area contributed by atoms with Crippen LogP contribution in [-0.4, -0.2) is 27.6 Å². The number of nitrogens with zero attached hydrogens (tertiary/aromatic N) is 1. The lowest BCUT2D eigenvalue weighted by Gasteiger charge is -2.02. The zero-order chi connectivity index (χ0) is 13.5. The number of aromatic amines is 1. The Hall–Kier alpha value is -2.58. The number of H-pyrrole nitrogens is 1. The first-order chi connectivity index (χ1) is 9.29. The summed E-state index contributed by atoms with van der Waals surface area (Å²) >= 11 is 0. The topological polar surface area (TPSA) is 78.0 Å². The van der Waals surface area contributed by atoms with E-state index in [9.17, 15) is 4.79 Å². The van der Waals surface area contributed by atoms with E-state index in [1.807, 2.05) is 0 Å². The molecule has 19 heavy (non-hydrogen) atoms. The van der Waals surface area contributed by atoms with Gasteiger partial charge in [-0.2, -0.15) is 0 Å². The summed E-state index contributed by atoms with van der Waals surface area (Å²) in [7, 11) is 0. The molecular weight excluding hydrogens is 242 g/mol. The van der Waals surface area contributed by atoms with Crippen LogP contribution in [0.25, 0.3) is 0 Å². The smallest absolute Gasteiger partial charge is 0.273 e. The molecule has 0 spiro atoms. The van der Waals surface area contributed by atoms with Gasteiger partial charge in [-0.3, -0.25) is 4.79 Å². The number of aromatic nitrogens is 2. The zero-order valence-corrected chi connectivity index (χ0v) is 10.2. The lowest BCUT2D eigenvalue weighted by Crippen LogP contribution is -2.13. The highest BCUT2D eigenvalue weighted by atomic mass is 16.2. The zero-order valence-electron chi connectivity index (χ0n) is 10.2. The van der Waals surface area contributed by atoms with Crippen molar-refractivity contribution in [2.75, 3.05) is 11.9 Å². The van der Waals surface area contributed by atoms with E-state index < -0.39 is 0 Å². The third kappa shape index (κ3) is 3.69. The van der Waals surface area contributed by atoms with Gasteiger partial charge in [0.2, 0.25) is 0 Å². The maximum atomic E-state index is 11.8. The Kier molecular flexibility index (Phi) is 4.32. The van der Waals surface area contributed by atoms with Crippen molar-refractivity contribution in [1.29, 1.82) is 0 Å². The van der Waals surface area contributed by atoms with Gasteiger partial charge >= 0.3 is 0 Å². The predicted molar refractivity (Wildman–Crippen MR) is 71.6 cm³/mol. The van der Waals surface area contributed by atoms with Crippen molar-refractivity contribution in [1.82, 2.24) is 9.97 Å². The first kappa shape index (κ1) is 12.9. The molecule has 96 valence electrons. The Labute approximate surface area is 110 Å². The Bertz CT molecular complexity index is 609. The van der Waals surface area contributed by atoms with E-state index in [1.165, 1.54) is 0 Å². The standard InChI is InChI=1S/C14H13N3O2/c18-10-2-1-5-11-6-3-8-13(16-11)17-14(19)12-7-4-9-15-12/h3-4,6-9,15,18H,2,10H2,(H,16,17,19). The molecular formula is C14H13N3O2. The molecule has 0 radical (unpaired) electrons. The summed E-state index contributed by atoms with van der Waals surface area (Å²) in [6.07, 6.45) is 2.08. The minimum atomic E-state index is -0.252. The molecule has 0 aliphatic carbocycles. The summed E-state index contributed by atoms with van der Waals surface area (Å²) in [5.41, 5.74) is 1.02. The fourth-order valence-electron chi connectivity index (χ4n) is 1.44. The summed E-state index contributed by atoms with van der Waals surface area (Å²) in [4.78, 5) is 18.8. The second-order valence-corrected chi connectivity index (χ2v) is 3.72. The van der Waals surface area contributed by atoms with Gasteiger partial charge in [-0.25, -0.2) is 4.98 Å². The van der Waals surface area contributed by atoms with Crippen molar-refractivity contribution in [3.8, 4) is 11.8 Å². The maximum Gasteiger partial charge on any atom is 0.273 e. The van der Waals surface area contributed by atoms with Crippen molar-refractivity contribution in [2.24, 2.45) is 0 Å². The highest BCUT2D eigenvalue weighted by Crippen LogP contribution is 2.06. The Morgan fingerprint density at radius 1 is 1.37 bits per heavy atom. The number of hydrogen-bond acceptors (Lipinski definition) is 3. The number of hydrogen-bond donors (Lipinski definition) is 3. The molecule has 5 heteroatoms. The molecule has 2 aromatic rings. The van der Waals surface area contributed by atoms with Crippen LogP contribution in [0.5, 0.6) is 0 Å². The van der Waals surface area contributed by atoms with Crippen molar-refractivity contribution < 1.29 is 9.90 Å². The summed E-state index contributed by atoms with van der Waals surface area (Å²) in [6, 6.07) is 8.63. The average Bonchev–Trinajstić information content (AvgIpc) is 2.93. The van der Waals surface area contributed by atoms with E-state index in [0.29, 0.717) is 23.6 Å². The quantitative estimate of drug-likeness (QED) is 0.725. The number of aliphatic hydroxyl groups excluding tert-OH is 1. The van der Waals surface area contributed by atoms with Crippen LogP contribution in [0.1, 0.15) is 22.6 Å². The number of nitrogens with one attached hydrogen (secondary N) is 2. The molecule has 0 saturated carbocycles. The van der Waals surface area contributed by atoms with Crippen LogP contribution >= 0.6 is 0 Å². The average molecular weight is 255 g/mol. The fourth-order valence-corrected chi connectivity index (χ4v) is 1.44. The highest BCUT2D eigenvalue weighted by Gasteiger charge is 2.06. The van der Waals surface area contributed by atoms with E-state index in [-0.39, 0.29) is 12.5 Å². The summed E-state index contributed by atoms with van der Waals surface area (Å²) in [5.74, 6) is 5.78. The van der Waals surface area contributed by atoms with Crippen LogP contribution in [0.15, 0.2) is 36.5 Å². The first-order valence-corrected chi connectivity index (χ1v) is 5.81. The third-order valence-corrected chi connectivity index (χ3v) is 2.29. The number of aliphatic hydroxyl groups is 1. The van der Waals surface area contributed by atoms with Crippen LogP contribution in [-0.2, 0) is 0 Å². The second-order valence-electron chi connectivity index (χ2n) is 3.72. The van der Waals surface area contributed by atoms with Crippen LogP contribution in [0.4, 0.5) is 5.82 Å². The number of amides is 1. The lowest BCUT2D eigenvalue weighted by atomic mass is 10.3. The molecule has 2 rings (SSSR count). The SMILES string of the molecule is O=C(Nc1cccc(C#CCCO)n1)c1ccc[nH]1. The van der Waals surface area contributed by atoms with Crippen molar-refractivity contribution in [3.63, 3.8) is 0 Å². The maximum absolute atomic E-state index is 11.8. The van der Waals surface area contributed by atoms with Crippen molar-refractivity contribution in [3.05, 3.63) is 47.9 Å². The number of anilines is 1. The molecule has 0 aliphatic heterocycles. The van der Waals surface area contributed by atoms with Crippen LogP contribution < -0.4 is 5.32 Å². The van der Waals surface area contributed by atoms with Crippen LogP contribution in [0.2, 0.25) is 0 Å². The van der Waals surface area contributed by atoms with Crippen molar-refractivity contribution >= 4 is 11.7 Å². The van der Waals surface area contributed by atoms with E-state index in [4.69, 9.17) is 5.11 Å². The van der Waals surface area contributed by atoms with Gasteiger partial charge in [0.1, 0.15) is 17.2 Å². The number of rotatable bonds is 3. The molecule has 0 atom stereocenters. The molecule has 0 saturated heterocycles. The van der Waals surface area contributed by atoms with Gasteiger partial charge in [0, 0.05) is 12.6 Å². The van der Waals surface area contributed by atoms with E-state index in [0.717, 1.165) is 0 Å². The Morgan fingerprint density at radius 2 is 2.26 bits per heavy atom. The second kappa shape index (κ2) is 6.38. The first-order valence-electron chi connectivity index (χ1n) is 5.81. The summed E-state index contributed by atoms with van der Waals surface area (Å²) in [5, 5.41) is 11.3. The van der Waals surface area contributed by atoms with E-state index in [1.54, 1.807) is 36.5 Å². The van der Waals surface area contributed by atoms with Crippen LogP contribution in [0, 0.1) is 11.8 Å². The molecule has 1 amide bonds. The highest BCUT2D eigenvalue weighted by molar-refractivity contribution is 6.02. The molecule has 0 unspecified atom stereocenters. The van der Waals surface area contributed by atoms with Gasteiger partial charge in [0.15, 0.2) is 0 Å². The van der Waals surface area contributed by atoms with E-state index in [2.05, 4.69) is 27.1 Å². The lowest BCUT2D eigenvalue weighted by molar-refractivity contribution is 0.102. The Morgan fingerprint density at radius 3 is 3.00 bits per heavy atom. The van der Waals surface area contributed by atoms with Gasteiger partial charge in [0.25, 0.3) is 5.91 Å². The van der Waals surface area contributed by atoms with Gasteiger partial charge in [-0.15, -0.1) is 0 Å². The number of carbonyl (C=O) groups is 1. The predicted octanol–water partition coefficient (Wildman–Crippen LogP) is 1.40. The monoisotopic (exact) mass is 255 g/mol. The van der Waals surface area contributed by atoms with Gasteiger partial charge in [0.05, 0.1) is 6.61 Å². The third-order valence-electron chi connectivity index (χ3n) is 2.29. The molecule has 2 heterocycles. The van der Waals surface area contributed by atoms with Crippen molar-refractivity contribution in [2.45, 2.75) is 6.42 Å². The molecule has 0 aliphatic rings. The molecule has 2 aromatic heterocycles. The molecule has 0 bridgehead atoms. The van der Waals surface area contributed by atoms with Gasteiger partial charge < -0.3 is 15.4 Å². The normalized spacial score (nSPS) is 9.53. The van der Waals surface area contributed by atoms with Gasteiger partial charge in [-0.05, 0) is 30.2 Å². The van der Waals surface area contributed by atoms with E-state index >= 15 is 0 Å². The minimum Gasteiger partial charge on any atom is -0.395 e. The minimum absolute atomic E-state index is 0.0241. The molecule has 3 N–H and O–H groups in total. The largest absolute Gasteiger partial charge is 0.395 e. The molecule has 5 nitrogen and oxygen atoms in total. The Balaban J connectivity index is 2.07. The fraction of sp³-hybridized carbons (Fsp3) is 0.143. The number of pyridine rings is 1. The molecule has 0 aromatic carbocycles. The van der Waals surface area contributed by atoms with Gasteiger partial charge in [-0.1, -0.05) is 12.0 Å². The van der Waals surface area contributed by atoms with Crippen LogP contribution in [0.3, 0.4) is 0 Å². The number of carbonyl (C=O) groups excluding carboxylic acids is 1. The summed E-state index contributed by atoms with van der Waals surface area (Å²) < 4.78 is 0. The summed E-state index contributed by atoms with van der Waals surface area (Å²) in [6.45, 7) is 0.0241.